The number of rotatable bonds is 8. The van der Waals surface area contributed by atoms with Gasteiger partial charge in [0.25, 0.3) is 0 Å². The first kappa shape index (κ1) is 23.1. The highest BCUT2D eigenvalue weighted by Crippen LogP contribution is 2.41. The standard InChI is InChI=1S/C27H27N5O2S/c1-17(23-12-5-8-19-7-3-4-11-24(19)23)28-25(34)16-35-27-31-30-26(20-13-14-20)32(27)22-10-6-9-21(15-22)29-18(2)33/h3-12,15,17,20H,13-14,16H2,1-2H3,(H,28,34)(H,29,33). The molecule has 35 heavy (non-hydrogen) atoms. The maximum Gasteiger partial charge on any atom is 0.230 e. The third-order valence-corrected chi connectivity index (χ3v) is 6.95. The van der Waals surface area contributed by atoms with Gasteiger partial charge in [-0.15, -0.1) is 10.2 Å². The van der Waals surface area contributed by atoms with Crippen molar-refractivity contribution in [3.63, 3.8) is 0 Å². The van der Waals surface area contributed by atoms with Crippen LogP contribution in [0.3, 0.4) is 0 Å². The van der Waals surface area contributed by atoms with Crippen LogP contribution in [0.25, 0.3) is 16.5 Å². The summed E-state index contributed by atoms with van der Waals surface area (Å²) in [5, 5.41) is 17.8. The minimum atomic E-state index is -0.125. The summed E-state index contributed by atoms with van der Waals surface area (Å²) in [5.41, 5.74) is 2.67. The van der Waals surface area contributed by atoms with Gasteiger partial charge in [-0.2, -0.15) is 0 Å². The van der Waals surface area contributed by atoms with Crippen LogP contribution in [0, 0.1) is 0 Å². The molecule has 2 N–H and O–H groups in total. The van der Waals surface area contributed by atoms with Crippen molar-refractivity contribution in [1.29, 1.82) is 0 Å². The number of hydrogen-bond acceptors (Lipinski definition) is 5. The molecule has 0 radical (unpaired) electrons. The van der Waals surface area contributed by atoms with Crippen molar-refractivity contribution >= 4 is 40.0 Å². The van der Waals surface area contributed by atoms with Crippen molar-refractivity contribution < 1.29 is 9.59 Å². The normalized spacial score (nSPS) is 14.0. The molecule has 0 bridgehead atoms. The Morgan fingerprint density at radius 1 is 1.06 bits per heavy atom. The van der Waals surface area contributed by atoms with Gasteiger partial charge in [0.15, 0.2) is 5.16 Å². The van der Waals surface area contributed by atoms with Crippen LogP contribution in [0.5, 0.6) is 0 Å². The average Bonchev–Trinajstić information content (AvgIpc) is 3.61. The van der Waals surface area contributed by atoms with Crippen molar-refractivity contribution in [2.75, 3.05) is 11.1 Å². The molecule has 178 valence electrons. The van der Waals surface area contributed by atoms with E-state index >= 15 is 0 Å². The van der Waals surface area contributed by atoms with Gasteiger partial charge >= 0.3 is 0 Å². The summed E-state index contributed by atoms with van der Waals surface area (Å²) in [4.78, 5) is 24.4. The van der Waals surface area contributed by atoms with Gasteiger partial charge in [-0.1, -0.05) is 60.3 Å². The lowest BCUT2D eigenvalue weighted by molar-refractivity contribution is -0.119. The topological polar surface area (TPSA) is 88.9 Å². The lowest BCUT2D eigenvalue weighted by Crippen LogP contribution is -2.28. The average molecular weight is 486 g/mol. The molecule has 1 aliphatic rings. The first-order valence-electron chi connectivity index (χ1n) is 11.7. The van der Waals surface area contributed by atoms with Gasteiger partial charge in [-0.05, 0) is 54.3 Å². The van der Waals surface area contributed by atoms with E-state index in [1.165, 1.54) is 18.7 Å². The zero-order valence-electron chi connectivity index (χ0n) is 19.7. The number of hydrogen-bond donors (Lipinski definition) is 2. The Labute approximate surface area is 208 Å². The fraction of sp³-hybridized carbons (Fsp3) is 0.259. The van der Waals surface area contributed by atoms with Gasteiger partial charge in [0.1, 0.15) is 5.82 Å². The minimum absolute atomic E-state index is 0.0649. The van der Waals surface area contributed by atoms with E-state index in [0.29, 0.717) is 16.8 Å². The van der Waals surface area contributed by atoms with Crippen LogP contribution in [-0.4, -0.2) is 32.3 Å². The van der Waals surface area contributed by atoms with Crippen LogP contribution >= 0.6 is 11.8 Å². The molecule has 0 spiro atoms. The highest BCUT2D eigenvalue weighted by molar-refractivity contribution is 7.99. The Bertz CT molecular complexity index is 1390. The summed E-state index contributed by atoms with van der Waals surface area (Å²) < 4.78 is 2.01. The van der Waals surface area contributed by atoms with Gasteiger partial charge in [0.2, 0.25) is 11.8 Å². The number of nitrogens with one attached hydrogen (secondary N) is 2. The van der Waals surface area contributed by atoms with Crippen molar-refractivity contribution in [3.8, 4) is 5.69 Å². The summed E-state index contributed by atoms with van der Waals surface area (Å²) in [5.74, 6) is 1.31. The Kier molecular flexibility index (Phi) is 6.55. The first-order chi connectivity index (χ1) is 17.0. The fourth-order valence-electron chi connectivity index (χ4n) is 4.27. The Hall–Kier alpha value is -3.65. The fourth-order valence-corrected chi connectivity index (χ4v) is 5.04. The number of anilines is 1. The Morgan fingerprint density at radius 2 is 1.83 bits per heavy atom. The van der Waals surface area contributed by atoms with E-state index in [-0.39, 0.29) is 23.6 Å². The number of carbonyl (C=O) groups is 2. The van der Waals surface area contributed by atoms with Crippen LogP contribution in [0.1, 0.15) is 50.0 Å². The molecule has 1 aliphatic carbocycles. The van der Waals surface area contributed by atoms with E-state index in [2.05, 4.69) is 45.1 Å². The zero-order valence-corrected chi connectivity index (χ0v) is 20.5. The minimum Gasteiger partial charge on any atom is -0.349 e. The number of nitrogens with zero attached hydrogens (tertiary/aromatic N) is 3. The molecule has 1 heterocycles. The maximum atomic E-state index is 12.9. The van der Waals surface area contributed by atoms with Crippen molar-refractivity contribution in [2.45, 2.75) is 43.8 Å². The monoisotopic (exact) mass is 485 g/mol. The molecule has 0 saturated heterocycles. The maximum absolute atomic E-state index is 12.9. The largest absolute Gasteiger partial charge is 0.349 e. The highest BCUT2D eigenvalue weighted by atomic mass is 32.2. The summed E-state index contributed by atoms with van der Waals surface area (Å²) in [6.07, 6.45) is 2.16. The summed E-state index contributed by atoms with van der Waals surface area (Å²) in [6.45, 7) is 3.49. The van der Waals surface area contributed by atoms with E-state index in [0.717, 1.165) is 40.7 Å². The Morgan fingerprint density at radius 3 is 2.63 bits per heavy atom. The SMILES string of the molecule is CC(=O)Nc1cccc(-n2c(SCC(=O)NC(C)c3cccc4ccccc34)nnc2C2CC2)c1. The molecule has 4 aromatic rings. The molecule has 1 aromatic heterocycles. The molecule has 8 heteroatoms. The van der Waals surface area contributed by atoms with E-state index in [4.69, 9.17) is 0 Å². The predicted molar refractivity (Wildman–Crippen MR) is 139 cm³/mol. The van der Waals surface area contributed by atoms with Gasteiger partial charge in [-0.25, -0.2) is 0 Å². The summed E-state index contributed by atoms with van der Waals surface area (Å²) >= 11 is 1.37. The van der Waals surface area contributed by atoms with Crippen LogP contribution in [0.15, 0.2) is 71.9 Å². The predicted octanol–water partition coefficient (Wildman–Crippen LogP) is 5.23. The molecule has 3 aromatic carbocycles. The lowest BCUT2D eigenvalue weighted by atomic mass is 10.00. The molecular weight excluding hydrogens is 458 g/mol. The quantitative estimate of drug-likeness (QED) is 0.334. The third kappa shape index (κ3) is 5.22. The molecule has 5 rings (SSSR count). The van der Waals surface area contributed by atoms with Gasteiger partial charge in [0.05, 0.1) is 17.5 Å². The number of carbonyl (C=O) groups excluding carboxylic acids is 2. The molecule has 7 nitrogen and oxygen atoms in total. The number of benzene rings is 3. The number of aromatic nitrogens is 3. The Balaban J connectivity index is 1.32. The van der Waals surface area contributed by atoms with E-state index in [9.17, 15) is 9.59 Å². The molecule has 1 saturated carbocycles. The smallest absolute Gasteiger partial charge is 0.230 e. The number of thioether (sulfide) groups is 1. The molecule has 1 atom stereocenters. The number of fused-ring (bicyclic) bond motifs is 1. The van der Waals surface area contributed by atoms with Crippen LogP contribution < -0.4 is 10.6 Å². The van der Waals surface area contributed by atoms with Gasteiger partial charge < -0.3 is 10.6 Å². The molecule has 0 aliphatic heterocycles. The zero-order chi connectivity index (χ0) is 24.4. The van der Waals surface area contributed by atoms with Crippen molar-refractivity contribution in [3.05, 3.63) is 78.1 Å². The molecule has 1 fully saturated rings. The van der Waals surface area contributed by atoms with E-state index in [1.807, 2.05) is 54.0 Å². The molecular formula is C27H27N5O2S. The molecule has 1 unspecified atom stereocenters. The van der Waals surface area contributed by atoms with E-state index < -0.39 is 0 Å². The second-order valence-electron chi connectivity index (χ2n) is 8.83. The lowest BCUT2D eigenvalue weighted by Gasteiger charge is -2.17. The third-order valence-electron chi connectivity index (χ3n) is 6.03. The van der Waals surface area contributed by atoms with Crippen LogP contribution in [0.4, 0.5) is 5.69 Å². The van der Waals surface area contributed by atoms with Crippen LogP contribution in [0.2, 0.25) is 0 Å². The van der Waals surface area contributed by atoms with Crippen molar-refractivity contribution in [1.82, 2.24) is 20.1 Å². The van der Waals surface area contributed by atoms with Crippen molar-refractivity contribution in [2.24, 2.45) is 0 Å². The van der Waals surface area contributed by atoms with Crippen LogP contribution in [-0.2, 0) is 9.59 Å². The number of amides is 2. The van der Waals surface area contributed by atoms with Gasteiger partial charge in [-0.3, -0.25) is 14.2 Å². The first-order valence-corrected chi connectivity index (χ1v) is 12.7. The van der Waals surface area contributed by atoms with E-state index in [1.54, 1.807) is 0 Å². The summed E-state index contributed by atoms with van der Waals surface area (Å²) in [7, 11) is 0. The second-order valence-corrected chi connectivity index (χ2v) is 9.77. The molecule has 2 amide bonds. The highest BCUT2D eigenvalue weighted by Gasteiger charge is 2.31. The summed E-state index contributed by atoms with van der Waals surface area (Å²) in [6, 6.07) is 21.8. The van der Waals surface area contributed by atoms with Gasteiger partial charge in [0, 0.05) is 18.5 Å². The second kappa shape index (κ2) is 9.92.